The first-order valence-electron chi connectivity index (χ1n) is 9.19. The second-order valence-corrected chi connectivity index (χ2v) is 7.04. The summed E-state index contributed by atoms with van der Waals surface area (Å²) in [7, 11) is 0. The van der Waals surface area contributed by atoms with Crippen LogP contribution in [0.1, 0.15) is 42.7 Å². The molecule has 0 bridgehead atoms. The van der Waals surface area contributed by atoms with Crippen molar-refractivity contribution in [2.24, 2.45) is 5.92 Å². The summed E-state index contributed by atoms with van der Waals surface area (Å²) in [5, 5.41) is 0.929. The summed E-state index contributed by atoms with van der Waals surface area (Å²) in [4.78, 5) is 21.4. The lowest BCUT2D eigenvalue weighted by atomic mass is 9.83. The Morgan fingerprint density at radius 1 is 1.15 bits per heavy atom. The molecule has 2 aromatic carbocycles. The van der Waals surface area contributed by atoms with Crippen LogP contribution in [0, 0.1) is 12.8 Å². The van der Waals surface area contributed by atoms with Crippen LogP contribution >= 0.6 is 0 Å². The molecule has 1 unspecified atom stereocenters. The molecule has 0 aliphatic heterocycles. The van der Waals surface area contributed by atoms with Crippen molar-refractivity contribution in [1.29, 1.82) is 0 Å². The van der Waals surface area contributed by atoms with Crippen molar-refractivity contribution in [1.82, 2.24) is 9.97 Å². The minimum atomic E-state index is -0.209. The Kier molecular flexibility index (Phi) is 4.65. The van der Waals surface area contributed by atoms with Crippen molar-refractivity contribution in [2.45, 2.75) is 38.5 Å². The zero-order valence-corrected chi connectivity index (χ0v) is 14.9. The molecule has 1 aromatic heterocycles. The smallest absolute Gasteiger partial charge is 0.319 e. The summed E-state index contributed by atoms with van der Waals surface area (Å²) >= 11 is 0. The van der Waals surface area contributed by atoms with E-state index in [9.17, 15) is 4.79 Å². The molecule has 132 valence electrons. The maximum Gasteiger partial charge on any atom is 0.319 e. The highest BCUT2D eigenvalue weighted by Gasteiger charge is 2.34. The van der Waals surface area contributed by atoms with E-state index in [-0.39, 0.29) is 11.9 Å². The number of ether oxygens (including phenoxy) is 1. The summed E-state index contributed by atoms with van der Waals surface area (Å²) in [5.41, 5.74) is 3.01. The molecule has 1 saturated carbocycles. The number of aromatic nitrogens is 2. The third kappa shape index (κ3) is 3.32. The molecule has 4 rings (SSSR count). The van der Waals surface area contributed by atoms with Crippen molar-refractivity contribution in [2.75, 3.05) is 0 Å². The van der Waals surface area contributed by atoms with Crippen molar-refractivity contribution in [3.8, 4) is 5.75 Å². The lowest BCUT2D eigenvalue weighted by Crippen LogP contribution is -2.25. The molecule has 4 nitrogen and oxygen atoms in total. The van der Waals surface area contributed by atoms with Crippen molar-refractivity contribution in [3.05, 3.63) is 66.1 Å². The van der Waals surface area contributed by atoms with Gasteiger partial charge in [-0.2, -0.15) is 0 Å². The average molecular weight is 346 g/mol. The predicted molar refractivity (Wildman–Crippen MR) is 101 cm³/mol. The highest BCUT2D eigenvalue weighted by Crippen LogP contribution is 2.39. The second kappa shape index (κ2) is 7.24. The fraction of sp³-hybridized carbons (Fsp3) is 0.318. The van der Waals surface area contributed by atoms with Gasteiger partial charge in [0.15, 0.2) is 0 Å². The van der Waals surface area contributed by atoms with E-state index in [4.69, 9.17) is 4.74 Å². The van der Waals surface area contributed by atoms with Gasteiger partial charge in [-0.1, -0.05) is 37.1 Å². The highest BCUT2D eigenvalue weighted by atomic mass is 16.5. The van der Waals surface area contributed by atoms with Gasteiger partial charge in [0.05, 0.1) is 11.4 Å². The van der Waals surface area contributed by atoms with Crippen molar-refractivity contribution in [3.63, 3.8) is 0 Å². The molecule has 1 aliphatic rings. The fourth-order valence-electron chi connectivity index (χ4n) is 4.00. The van der Waals surface area contributed by atoms with Crippen LogP contribution < -0.4 is 4.74 Å². The fourth-order valence-corrected chi connectivity index (χ4v) is 4.00. The van der Waals surface area contributed by atoms with Gasteiger partial charge in [-0.3, -0.25) is 4.79 Å². The lowest BCUT2D eigenvalue weighted by molar-refractivity contribution is -0.137. The van der Waals surface area contributed by atoms with Gasteiger partial charge in [0.25, 0.3) is 0 Å². The van der Waals surface area contributed by atoms with E-state index >= 15 is 0 Å². The quantitative estimate of drug-likeness (QED) is 0.502. The molecule has 1 heterocycles. The van der Waals surface area contributed by atoms with Gasteiger partial charge in [-0.15, -0.1) is 0 Å². The molecule has 1 aliphatic carbocycles. The van der Waals surface area contributed by atoms with Gasteiger partial charge >= 0.3 is 5.97 Å². The van der Waals surface area contributed by atoms with Crippen LogP contribution in [0.25, 0.3) is 10.9 Å². The molecule has 4 heteroatoms. The molecule has 0 saturated heterocycles. The van der Waals surface area contributed by atoms with Gasteiger partial charge < -0.3 is 4.74 Å². The minimum absolute atomic E-state index is 0.167. The monoisotopic (exact) mass is 346 g/mol. The van der Waals surface area contributed by atoms with E-state index < -0.39 is 0 Å². The maximum atomic E-state index is 13.1. The number of benzene rings is 2. The Morgan fingerprint density at radius 2 is 1.96 bits per heavy atom. The van der Waals surface area contributed by atoms with Gasteiger partial charge in [0.1, 0.15) is 12.1 Å². The Balaban J connectivity index is 1.64. The van der Waals surface area contributed by atoms with E-state index in [1.54, 1.807) is 12.3 Å². The summed E-state index contributed by atoms with van der Waals surface area (Å²) in [6.07, 6.45) is 7.80. The Bertz CT molecular complexity index is 932. The van der Waals surface area contributed by atoms with Crippen LogP contribution in [0.15, 0.2) is 55.0 Å². The number of carbonyl (C=O) groups excluding carboxylic acids is 1. The molecule has 0 spiro atoms. The zero-order valence-electron chi connectivity index (χ0n) is 14.9. The lowest BCUT2D eigenvalue weighted by Gasteiger charge is -2.23. The Labute approximate surface area is 153 Å². The van der Waals surface area contributed by atoms with Crippen LogP contribution in [0.5, 0.6) is 5.75 Å². The van der Waals surface area contributed by atoms with Crippen LogP contribution in [-0.4, -0.2) is 15.9 Å². The number of aryl methyl sites for hydroxylation is 1. The van der Waals surface area contributed by atoms with Crippen LogP contribution in [0.2, 0.25) is 0 Å². The number of fused-ring (bicyclic) bond motifs is 1. The first-order valence-corrected chi connectivity index (χ1v) is 9.19. The normalized spacial score (nSPS) is 15.9. The summed E-state index contributed by atoms with van der Waals surface area (Å²) < 4.78 is 5.81. The summed E-state index contributed by atoms with van der Waals surface area (Å²) in [5.74, 6) is 0.517. The zero-order chi connectivity index (χ0) is 17.9. The predicted octanol–water partition coefficient (Wildman–Crippen LogP) is 4.82. The SMILES string of the molecule is Cc1ccccc1C(C(=O)Oc1ccc2cncnc2c1)C1CCCC1. The summed E-state index contributed by atoms with van der Waals surface area (Å²) in [6.45, 7) is 2.07. The topological polar surface area (TPSA) is 52.1 Å². The van der Waals surface area contributed by atoms with Gasteiger partial charge in [-0.25, -0.2) is 9.97 Å². The van der Waals surface area contributed by atoms with Gasteiger partial charge in [-0.05, 0) is 48.9 Å². The third-order valence-electron chi connectivity index (χ3n) is 5.35. The molecule has 0 amide bonds. The number of nitrogens with zero attached hydrogens (tertiary/aromatic N) is 2. The second-order valence-electron chi connectivity index (χ2n) is 7.04. The highest BCUT2D eigenvalue weighted by molar-refractivity contribution is 5.83. The molecule has 26 heavy (non-hydrogen) atoms. The molecule has 3 aromatic rings. The third-order valence-corrected chi connectivity index (χ3v) is 5.35. The van der Waals surface area contributed by atoms with E-state index in [1.165, 1.54) is 19.2 Å². The number of esters is 1. The molecule has 0 N–H and O–H groups in total. The van der Waals surface area contributed by atoms with Crippen LogP contribution in [-0.2, 0) is 4.79 Å². The summed E-state index contributed by atoms with van der Waals surface area (Å²) in [6, 6.07) is 13.6. The molecule has 1 fully saturated rings. The van der Waals surface area contributed by atoms with Crippen LogP contribution in [0.3, 0.4) is 0 Å². The molecule has 1 atom stereocenters. The number of rotatable bonds is 4. The van der Waals surface area contributed by atoms with E-state index in [0.717, 1.165) is 34.9 Å². The standard InChI is InChI=1S/C22H22N2O2/c1-15-6-2-5-9-19(15)21(16-7-3-4-8-16)22(25)26-18-11-10-17-13-23-14-24-20(17)12-18/h2,5-6,9-14,16,21H,3-4,7-8H2,1H3. The molecular formula is C22H22N2O2. The van der Waals surface area contributed by atoms with E-state index in [2.05, 4.69) is 29.0 Å². The van der Waals surface area contributed by atoms with Crippen molar-refractivity contribution >= 4 is 16.9 Å². The first kappa shape index (κ1) is 16.7. The van der Waals surface area contributed by atoms with E-state index in [1.807, 2.05) is 24.3 Å². The Morgan fingerprint density at radius 3 is 2.77 bits per heavy atom. The van der Waals surface area contributed by atoms with Gasteiger partial charge in [0, 0.05) is 17.6 Å². The first-order chi connectivity index (χ1) is 12.7. The van der Waals surface area contributed by atoms with Crippen LogP contribution in [0.4, 0.5) is 0 Å². The number of carbonyl (C=O) groups is 1. The number of hydrogen-bond donors (Lipinski definition) is 0. The largest absolute Gasteiger partial charge is 0.426 e. The number of hydrogen-bond acceptors (Lipinski definition) is 4. The molecule has 0 radical (unpaired) electrons. The van der Waals surface area contributed by atoms with E-state index in [0.29, 0.717) is 11.7 Å². The van der Waals surface area contributed by atoms with Crippen molar-refractivity contribution < 1.29 is 9.53 Å². The Hall–Kier alpha value is -2.75. The van der Waals surface area contributed by atoms with Gasteiger partial charge in [0.2, 0.25) is 0 Å². The molecular weight excluding hydrogens is 324 g/mol. The maximum absolute atomic E-state index is 13.1. The minimum Gasteiger partial charge on any atom is -0.426 e. The average Bonchev–Trinajstić information content (AvgIpc) is 3.18.